The molecule has 1 heterocycles. The molecule has 3 rings (SSSR count). The maximum atomic E-state index is 12.3. The summed E-state index contributed by atoms with van der Waals surface area (Å²) in [7, 11) is 1.71. The van der Waals surface area contributed by atoms with E-state index in [1.807, 2.05) is 26.0 Å². The van der Waals surface area contributed by atoms with Crippen LogP contribution < -0.4 is 16.0 Å². The third-order valence-electron chi connectivity index (χ3n) is 5.00. The Morgan fingerprint density at radius 2 is 2.20 bits per heavy atom. The molecule has 0 radical (unpaired) electrons. The number of halogens is 1. The lowest BCUT2D eigenvalue weighted by Gasteiger charge is -2.30. The molecule has 8 nitrogen and oxygen atoms in total. The van der Waals surface area contributed by atoms with Crippen molar-refractivity contribution in [3.8, 4) is 11.4 Å². The zero-order valence-corrected chi connectivity index (χ0v) is 18.4. The summed E-state index contributed by atoms with van der Waals surface area (Å²) >= 11 is 6.02. The van der Waals surface area contributed by atoms with Gasteiger partial charge in [0.05, 0.1) is 6.54 Å². The van der Waals surface area contributed by atoms with Crippen LogP contribution in [-0.4, -0.2) is 41.1 Å². The lowest BCUT2D eigenvalue weighted by Crippen LogP contribution is -2.47. The Kier molecular flexibility index (Phi) is 7.68. The van der Waals surface area contributed by atoms with E-state index in [9.17, 15) is 4.79 Å². The van der Waals surface area contributed by atoms with Crippen molar-refractivity contribution in [2.75, 3.05) is 7.05 Å². The largest absolute Gasteiger partial charge is 0.354 e. The number of guanidine groups is 1. The Hall–Kier alpha value is -2.61. The lowest BCUT2D eigenvalue weighted by molar-refractivity contribution is -0.126. The standard InChI is InChI=1S/C21H29ClN6O2/c1-13(2)25-20(29)15-7-5-9-17(11-15)26-21(23-3)24-12-18-27-19(28-30-18)14-6-4-8-16(22)10-14/h4,6,8,10,13,15,17H,5,7,9,11-12H2,1-3H3,(H,25,29)(H2,23,24,26). The zero-order chi connectivity index (χ0) is 21.5. The molecule has 162 valence electrons. The Labute approximate surface area is 181 Å². The molecule has 0 bridgehead atoms. The summed E-state index contributed by atoms with van der Waals surface area (Å²) in [6.07, 6.45) is 3.74. The average Bonchev–Trinajstić information content (AvgIpc) is 3.20. The number of carbonyl (C=O) groups is 1. The Morgan fingerprint density at radius 1 is 1.37 bits per heavy atom. The molecular formula is C21H29ClN6O2. The van der Waals surface area contributed by atoms with E-state index >= 15 is 0 Å². The van der Waals surface area contributed by atoms with Crippen molar-refractivity contribution in [2.45, 2.75) is 58.2 Å². The second kappa shape index (κ2) is 10.4. The van der Waals surface area contributed by atoms with Crippen molar-refractivity contribution in [3.63, 3.8) is 0 Å². The summed E-state index contributed by atoms with van der Waals surface area (Å²) in [5, 5.41) is 14.3. The van der Waals surface area contributed by atoms with Crippen molar-refractivity contribution >= 4 is 23.5 Å². The minimum Gasteiger partial charge on any atom is -0.354 e. The Bertz CT molecular complexity index is 882. The van der Waals surface area contributed by atoms with Crippen molar-refractivity contribution < 1.29 is 9.32 Å². The summed E-state index contributed by atoms with van der Waals surface area (Å²) < 4.78 is 5.33. The zero-order valence-electron chi connectivity index (χ0n) is 17.6. The van der Waals surface area contributed by atoms with E-state index in [4.69, 9.17) is 16.1 Å². The molecule has 2 atom stereocenters. The minimum atomic E-state index is 0.0351. The molecule has 1 aliphatic carbocycles. The molecule has 3 N–H and O–H groups in total. The molecule has 0 saturated heterocycles. The topological polar surface area (TPSA) is 104 Å². The fourth-order valence-electron chi connectivity index (χ4n) is 3.58. The normalized spacial score (nSPS) is 19.6. The van der Waals surface area contributed by atoms with Gasteiger partial charge in [0.2, 0.25) is 17.6 Å². The van der Waals surface area contributed by atoms with Gasteiger partial charge in [-0.25, -0.2) is 0 Å². The molecule has 1 aliphatic rings. The van der Waals surface area contributed by atoms with E-state index in [0.29, 0.717) is 29.2 Å². The highest BCUT2D eigenvalue weighted by Gasteiger charge is 2.28. The highest BCUT2D eigenvalue weighted by atomic mass is 35.5. The molecular weight excluding hydrogens is 404 g/mol. The van der Waals surface area contributed by atoms with Gasteiger partial charge in [0.15, 0.2) is 5.96 Å². The van der Waals surface area contributed by atoms with Crippen LogP contribution in [0.3, 0.4) is 0 Å². The van der Waals surface area contributed by atoms with Crippen LogP contribution in [0.25, 0.3) is 11.4 Å². The number of rotatable bonds is 6. The predicted molar refractivity (Wildman–Crippen MR) is 117 cm³/mol. The smallest absolute Gasteiger partial charge is 0.246 e. The van der Waals surface area contributed by atoms with Crippen LogP contribution in [0.2, 0.25) is 5.02 Å². The Balaban J connectivity index is 1.52. The molecule has 1 amide bonds. The maximum absolute atomic E-state index is 12.3. The first-order valence-electron chi connectivity index (χ1n) is 10.3. The van der Waals surface area contributed by atoms with Crippen LogP contribution in [0.1, 0.15) is 45.4 Å². The third-order valence-corrected chi connectivity index (χ3v) is 5.23. The maximum Gasteiger partial charge on any atom is 0.246 e. The van der Waals surface area contributed by atoms with Gasteiger partial charge in [0.25, 0.3) is 0 Å². The van der Waals surface area contributed by atoms with E-state index < -0.39 is 0 Å². The summed E-state index contributed by atoms with van der Waals surface area (Å²) in [5.74, 6) is 1.76. The van der Waals surface area contributed by atoms with Crippen molar-refractivity contribution in [1.82, 2.24) is 26.1 Å². The van der Waals surface area contributed by atoms with Crippen molar-refractivity contribution in [3.05, 3.63) is 35.2 Å². The van der Waals surface area contributed by atoms with Gasteiger partial charge in [0, 0.05) is 35.6 Å². The van der Waals surface area contributed by atoms with E-state index in [-0.39, 0.29) is 23.9 Å². The number of aromatic nitrogens is 2. The number of nitrogens with one attached hydrogen (secondary N) is 3. The van der Waals surface area contributed by atoms with E-state index in [1.165, 1.54) is 0 Å². The van der Waals surface area contributed by atoms with E-state index in [0.717, 1.165) is 31.2 Å². The van der Waals surface area contributed by atoms with Gasteiger partial charge >= 0.3 is 0 Å². The van der Waals surface area contributed by atoms with Crippen LogP contribution in [0.5, 0.6) is 0 Å². The Morgan fingerprint density at radius 3 is 2.93 bits per heavy atom. The SMILES string of the molecule is CN=C(NCc1nc(-c2cccc(Cl)c2)no1)NC1CCCC(C(=O)NC(C)C)C1. The molecule has 1 aromatic carbocycles. The number of nitrogens with zero attached hydrogens (tertiary/aromatic N) is 3. The average molecular weight is 433 g/mol. The fourth-order valence-corrected chi connectivity index (χ4v) is 3.77. The van der Waals surface area contributed by atoms with Gasteiger partial charge in [-0.2, -0.15) is 4.98 Å². The molecule has 9 heteroatoms. The number of benzene rings is 1. The molecule has 2 aromatic rings. The monoisotopic (exact) mass is 432 g/mol. The van der Waals surface area contributed by atoms with E-state index in [2.05, 4.69) is 31.1 Å². The number of carbonyl (C=O) groups excluding carboxylic acids is 1. The van der Waals surface area contributed by atoms with Crippen molar-refractivity contribution in [2.24, 2.45) is 10.9 Å². The summed E-state index contributed by atoms with van der Waals surface area (Å²) in [6, 6.07) is 7.66. The molecule has 2 unspecified atom stereocenters. The summed E-state index contributed by atoms with van der Waals surface area (Å²) in [6.45, 7) is 4.31. The quantitative estimate of drug-likeness (QED) is 0.478. The summed E-state index contributed by atoms with van der Waals surface area (Å²) in [4.78, 5) is 21.0. The molecule has 1 saturated carbocycles. The first-order valence-corrected chi connectivity index (χ1v) is 10.7. The minimum absolute atomic E-state index is 0.0351. The second-order valence-electron chi connectivity index (χ2n) is 7.82. The first kappa shape index (κ1) is 22.1. The number of hydrogen-bond acceptors (Lipinski definition) is 5. The van der Waals surface area contributed by atoms with Gasteiger partial charge in [-0.1, -0.05) is 35.3 Å². The highest BCUT2D eigenvalue weighted by molar-refractivity contribution is 6.30. The number of amides is 1. The predicted octanol–water partition coefficient (Wildman–Crippen LogP) is 3.14. The summed E-state index contributed by atoms with van der Waals surface area (Å²) in [5.41, 5.74) is 0.799. The van der Waals surface area contributed by atoms with Crippen LogP contribution in [-0.2, 0) is 11.3 Å². The van der Waals surface area contributed by atoms with E-state index in [1.54, 1.807) is 19.2 Å². The molecule has 0 aliphatic heterocycles. The molecule has 30 heavy (non-hydrogen) atoms. The first-order chi connectivity index (χ1) is 14.4. The van der Waals surface area contributed by atoms with Gasteiger partial charge in [-0.05, 0) is 45.2 Å². The van der Waals surface area contributed by atoms with Gasteiger partial charge in [-0.3, -0.25) is 9.79 Å². The lowest BCUT2D eigenvalue weighted by atomic mass is 9.85. The molecule has 0 spiro atoms. The van der Waals surface area contributed by atoms with Gasteiger partial charge < -0.3 is 20.5 Å². The third kappa shape index (κ3) is 6.19. The number of hydrogen-bond donors (Lipinski definition) is 3. The van der Waals surface area contributed by atoms with Crippen LogP contribution >= 0.6 is 11.6 Å². The highest BCUT2D eigenvalue weighted by Crippen LogP contribution is 2.24. The van der Waals surface area contributed by atoms with Crippen LogP contribution in [0, 0.1) is 5.92 Å². The molecule has 1 aromatic heterocycles. The van der Waals surface area contributed by atoms with Gasteiger partial charge in [0.1, 0.15) is 0 Å². The van der Waals surface area contributed by atoms with Crippen LogP contribution in [0.4, 0.5) is 0 Å². The second-order valence-corrected chi connectivity index (χ2v) is 8.25. The van der Waals surface area contributed by atoms with Crippen LogP contribution in [0.15, 0.2) is 33.8 Å². The number of aliphatic imine (C=N–C) groups is 1. The fraction of sp³-hybridized carbons (Fsp3) is 0.524. The molecule has 1 fully saturated rings. The van der Waals surface area contributed by atoms with Crippen molar-refractivity contribution in [1.29, 1.82) is 0 Å². The van der Waals surface area contributed by atoms with Gasteiger partial charge in [-0.15, -0.1) is 0 Å².